The Bertz CT molecular complexity index is 4110. The van der Waals surface area contributed by atoms with Crippen molar-refractivity contribution in [3.8, 4) is 33.4 Å². The monoisotopic (exact) mass is 962 g/mol. The van der Waals surface area contributed by atoms with Crippen molar-refractivity contribution >= 4 is 67.8 Å². The summed E-state index contributed by atoms with van der Waals surface area (Å²) in [5, 5.41) is 5.00. The molecule has 0 spiro atoms. The second kappa shape index (κ2) is 16.6. The van der Waals surface area contributed by atoms with Gasteiger partial charge in [-0.3, -0.25) is 0 Å². The molecule has 0 aromatic heterocycles. The Morgan fingerprint density at radius 2 is 0.640 bits per heavy atom. The van der Waals surface area contributed by atoms with Crippen LogP contribution < -0.4 is 9.80 Å². The van der Waals surface area contributed by atoms with Gasteiger partial charge in [0.25, 0.3) is 0 Å². The van der Waals surface area contributed by atoms with Crippen LogP contribution in [0.15, 0.2) is 231 Å². The number of hydrogen-bond donors (Lipinski definition) is 0. The van der Waals surface area contributed by atoms with Crippen LogP contribution in [0.4, 0.5) is 34.1 Å². The molecule has 2 nitrogen and oxygen atoms in total. The Labute approximate surface area is 441 Å². The van der Waals surface area contributed by atoms with Gasteiger partial charge in [0.15, 0.2) is 0 Å². The van der Waals surface area contributed by atoms with Gasteiger partial charge >= 0.3 is 0 Å². The van der Waals surface area contributed by atoms with Crippen LogP contribution in [0.5, 0.6) is 0 Å². The fraction of sp³-hybridized carbons (Fsp3) is 0.123. The zero-order valence-electron chi connectivity index (χ0n) is 43.5. The van der Waals surface area contributed by atoms with E-state index in [1.807, 2.05) is 0 Å². The van der Waals surface area contributed by atoms with Gasteiger partial charge in [-0.1, -0.05) is 217 Å². The molecule has 0 amide bonds. The van der Waals surface area contributed by atoms with Crippen LogP contribution in [0, 0.1) is 0 Å². The lowest BCUT2D eigenvalue weighted by atomic mass is 9.81. The van der Waals surface area contributed by atoms with Gasteiger partial charge in [-0.2, -0.15) is 0 Å². The lowest BCUT2D eigenvalue weighted by molar-refractivity contribution is 0.659. The lowest BCUT2D eigenvalue weighted by Gasteiger charge is -2.31. The summed E-state index contributed by atoms with van der Waals surface area (Å²) in [5.41, 5.74) is 24.9. The molecule has 0 fully saturated rings. The van der Waals surface area contributed by atoms with E-state index in [0.717, 1.165) is 28.4 Å². The van der Waals surface area contributed by atoms with E-state index in [0.29, 0.717) is 0 Å². The van der Waals surface area contributed by atoms with Crippen molar-refractivity contribution in [2.75, 3.05) is 9.80 Å². The number of anilines is 6. The summed E-state index contributed by atoms with van der Waals surface area (Å²) in [5.74, 6) is 0. The van der Waals surface area contributed by atoms with Crippen molar-refractivity contribution in [3.63, 3.8) is 0 Å². The van der Waals surface area contributed by atoms with Crippen LogP contribution in [0.1, 0.15) is 86.1 Å². The quantitative estimate of drug-likeness (QED) is 0.111. The van der Waals surface area contributed by atoms with Gasteiger partial charge in [0.1, 0.15) is 0 Å². The highest BCUT2D eigenvalue weighted by atomic mass is 15.1. The van der Waals surface area contributed by atoms with E-state index < -0.39 is 0 Å². The minimum absolute atomic E-state index is 0.130. The third-order valence-corrected chi connectivity index (χ3v) is 17.2. The zero-order valence-corrected chi connectivity index (χ0v) is 43.5. The van der Waals surface area contributed by atoms with E-state index in [1.54, 1.807) is 0 Å². The molecule has 0 atom stereocenters. The van der Waals surface area contributed by atoms with Crippen molar-refractivity contribution in [1.82, 2.24) is 0 Å². The molecule has 11 aromatic carbocycles. The Morgan fingerprint density at radius 1 is 0.267 bits per heavy atom. The summed E-state index contributed by atoms with van der Waals surface area (Å²) in [6, 6.07) is 86.0. The summed E-state index contributed by atoms with van der Waals surface area (Å²) in [7, 11) is 0. The van der Waals surface area contributed by atoms with E-state index >= 15 is 0 Å². The molecular weight excluding hydrogens is 905 g/mol. The molecule has 2 heteroatoms. The van der Waals surface area contributed by atoms with E-state index in [-0.39, 0.29) is 16.2 Å². The fourth-order valence-corrected chi connectivity index (χ4v) is 13.2. The molecule has 360 valence electrons. The molecule has 0 N–H and O–H groups in total. The molecule has 0 radical (unpaired) electrons. The minimum atomic E-state index is -0.234. The van der Waals surface area contributed by atoms with Gasteiger partial charge in [0.2, 0.25) is 0 Å². The first-order valence-electron chi connectivity index (χ1n) is 26.6. The summed E-state index contributed by atoms with van der Waals surface area (Å²) in [6.07, 6.45) is 4.60. The summed E-state index contributed by atoms with van der Waals surface area (Å²) >= 11 is 0. The Morgan fingerprint density at radius 3 is 1.16 bits per heavy atom. The molecule has 0 saturated carbocycles. The fourth-order valence-electron chi connectivity index (χ4n) is 13.2. The Hall–Kier alpha value is -8.72. The first-order valence-corrected chi connectivity index (χ1v) is 26.6. The maximum Gasteiger partial charge on any atom is 0.0546 e. The van der Waals surface area contributed by atoms with Gasteiger partial charge < -0.3 is 9.80 Å². The van der Waals surface area contributed by atoms with Crippen molar-refractivity contribution in [2.45, 2.75) is 57.8 Å². The third kappa shape index (κ3) is 6.93. The maximum atomic E-state index is 2.53. The first kappa shape index (κ1) is 44.9. The Balaban J connectivity index is 0.807. The van der Waals surface area contributed by atoms with E-state index in [9.17, 15) is 0 Å². The van der Waals surface area contributed by atoms with Gasteiger partial charge in [0, 0.05) is 50.1 Å². The standard InChI is InChI=1S/C73H58N2/c1-71(2)64-28-18-17-26-57(64)60-39-34-53(45-67(60)71)75(70-43-49-19-13-14-24-55(49)56-25-15-16-27-63(56)70)54-35-40-62-59-37-32-48(42-66(59)73(5,6)69(62)46-54)30-29-47-31-36-58-61-38-33-52(44-68(61)72(3,4)65(58)41-47)74(50-20-9-7-10-21-50)51-22-11-8-12-23-51/h7-46H,1-6H3/b30-29+. The third-order valence-electron chi connectivity index (χ3n) is 17.2. The second-order valence-electron chi connectivity index (χ2n) is 22.6. The van der Waals surface area contributed by atoms with E-state index in [2.05, 4.69) is 294 Å². The molecule has 0 unspecified atom stereocenters. The number of nitrogens with zero attached hydrogens (tertiary/aromatic N) is 2. The van der Waals surface area contributed by atoms with Crippen LogP contribution in [-0.2, 0) is 16.2 Å². The van der Waals surface area contributed by atoms with Crippen LogP contribution >= 0.6 is 0 Å². The van der Waals surface area contributed by atoms with Gasteiger partial charge in [0.05, 0.1) is 5.69 Å². The number of benzene rings is 11. The average Bonchev–Trinajstić information content (AvgIpc) is 3.96. The van der Waals surface area contributed by atoms with Crippen LogP contribution in [-0.4, -0.2) is 0 Å². The highest BCUT2D eigenvalue weighted by Gasteiger charge is 2.39. The first-order chi connectivity index (χ1) is 36.4. The maximum absolute atomic E-state index is 2.53. The summed E-state index contributed by atoms with van der Waals surface area (Å²) < 4.78 is 0. The normalized spacial score (nSPS) is 14.8. The molecule has 0 aliphatic heterocycles. The molecule has 0 heterocycles. The molecule has 0 bridgehead atoms. The number of para-hydroxylation sites is 2. The number of rotatable bonds is 8. The van der Waals surface area contributed by atoms with Crippen molar-refractivity contribution in [2.24, 2.45) is 0 Å². The molecule has 14 rings (SSSR count). The lowest BCUT2D eigenvalue weighted by Crippen LogP contribution is -2.18. The largest absolute Gasteiger partial charge is 0.310 e. The average molecular weight is 963 g/mol. The molecule has 75 heavy (non-hydrogen) atoms. The predicted molar refractivity (Wildman–Crippen MR) is 319 cm³/mol. The topological polar surface area (TPSA) is 6.48 Å². The molecule has 3 aliphatic carbocycles. The molecule has 3 aliphatic rings. The number of fused-ring (bicyclic) bond motifs is 12. The van der Waals surface area contributed by atoms with E-state index in [4.69, 9.17) is 0 Å². The molecular formula is C73H58N2. The highest BCUT2D eigenvalue weighted by molar-refractivity contribution is 6.14. The summed E-state index contributed by atoms with van der Waals surface area (Å²) in [6.45, 7) is 14.3. The van der Waals surface area contributed by atoms with Crippen molar-refractivity contribution < 1.29 is 0 Å². The van der Waals surface area contributed by atoms with Crippen molar-refractivity contribution in [3.05, 3.63) is 275 Å². The molecule has 11 aromatic rings. The second-order valence-corrected chi connectivity index (χ2v) is 22.6. The summed E-state index contributed by atoms with van der Waals surface area (Å²) in [4.78, 5) is 4.89. The highest BCUT2D eigenvalue weighted by Crippen LogP contribution is 2.55. The molecule has 0 saturated heterocycles. The zero-order chi connectivity index (χ0) is 50.8. The van der Waals surface area contributed by atoms with Gasteiger partial charge in [-0.25, -0.2) is 0 Å². The van der Waals surface area contributed by atoms with Crippen LogP contribution in [0.3, 0.4) is 0 Å². The number of hydrogen-bond acceptors (Lipinski definition) is 2. The van der Waals surface area contributed by atoms with Gasteiger partial charge in [-0.05, 0) is 161 Å². The Kier molecular flexibility index (Phi) is 9.98. The van der Waals surface area contributed by atoms with E-state index in [1.165, 1.54) is 105 Å². The van der Waals surface area contributed by atoms with Crippen LogP contribution in [0.2, 0.25) is 0 Å². The SMILES string of the molecule is CC1(C)c2cc(/C=C/c3ccc4c(c3)C(C)(C)c3cc(N(c5ccc6c(c5)C(C)(C)c5ccccc5-6)c5cc6ccccc6c6ccccc56)ccc3-4)ccc2-c2ccc(N(c3ccccc3)c3ccccc3)cc21. The predicted octanol–water partition coefficient (Wildman–Crippen LogP) is 20.0. The van der Waals surface area contributed by atoms with Crippen molar-refractivity contribution in [1.29, 1.82) is 0 Å². The van der Waals surface area contributed by atoms with Gasteiger partial charge in [-0.15, -0.1) is 0 Å². The minimum Gasteiger partial charge on any atom is -0.310 e. The smallest absolute Gasteiger partial charge is 0.0546 e. The van der Waals surface area contributed by atoms with Crippen LogP contribution in [0.25, 0.3) is 67.1 Å².